The lowest BCUT2D eigenvalue weighted by atomic mass is 10.2. The SMILES string of the molecule is CC(C)(C)OCC(O)c1ccco1. The van der Waals surface area contributed by atoms with Gasteiger partial charge in [-0.15, -0.1) is 0 Å². The van der Waals surface area contributed by atoms with Crippen molar-refractivity contribution in [2.45, 2.75) is 32.5 Å². The fraction of sp³-hybridized carbons (Fsp3) is 0.600. The average molecular weight is 184 g/mol. The highest BCUT2D eigenvalue weighted by Crippen LogP contribution is 2.16. The van der Waals surface area contributed by atoms with Crippen LogP contribution in [0.3, 0.4) is 0 Å². The minimum absolute atomic E-state index is 0.229. The minimum atomic E-state index is -0.672. The van der Waals surface area contributed by atoms with Gasteiger partial charge in [-0.1, -0.05) is 0 Å². The van der Waals surface area contributed by atoms with Gasteiger partial charge in [0.25, 0.3) is 0 Å². The summed E-state index contributed by atoms with van der Waals surface area (Å²) in [4.78, 5) is 0. The molecular formula is C10H16O3. The standard InChI is InChI=1S/C10H16O3/c1-10(2,3)13-7-8(11)9-5-4-6-12-9/h4-6,8,11H,7H2,1-3H3. The molecule has 0 aliphatic rings. The quantitative estimate of drug-likeness (QED) is 0.782. The fourth-order valence-electron chi connectivity index (χ4n) is 0.892. The van der Waals surface area contributed by atoms with Gasteiger partial charge in [0.15, 0.2) is 0 Å². The zero-order valence-electron chi connectivity index (χ0n) is 8.28. The van der Waals surface area contributed by atoms with E-state index < -0.39 is 6.10 Å². The van der Waals surface area contributed by atoms with Crippen LogP contribution in [0.5, 0.6) is 0 Å². The topological polar surface area (TPSA) is 42.6 Å². The molecule has 1 heterocycles. The molecule has 1 rings (SSSR count). The van der Waals surface area contributed by atoms with Gasteiger partial charge in [0, 0.05) is 0 Å². The molecule has 1 aromatic heterocycles. The molecule has 0 aromatic carbocycles. The molecule has 0 aliphatic carbocycles. The highest BCUT2D eigenvalue weighted by atomic mass is 16.5. The highest BCUT2D eigenvalue weighted by molar-refractivity contribution is 5.01. The summed E-state index contributed by atoms with van der Waals surface area (Å²) >= 11 is 0. The van der Waals surface area contributed by atoms with Crippen molar-refractivity contribution >= 4 is 0 Å². The molecule has 0 fully saturated rings. The third-order valence-electron chi connectivity index (χ3n) is 1.55. The number of ether oxygens (including phenoxy) is 1. The normalized spacial score (nSPS) is 14.5. The van der Waals surface area contributed by atoms with Crippen LogP contribution in [-0.2, 0) is 4.74 Å². The van der Waals surface area contributed by atoms with Crippen LogP contribution in [0.25, 0.3) is 0 Å². The number of furan rings is 1. The first kappa shape index (κ1) is 10.3. The molecule has 74 valence electrons. The predicted molar refractivity (Wildman–Crippen MR) is 49.4 cm³/mol. The molecule has 0 amide bonds. The Morgan fingerprint density at radius 3 is 2.69 bits per heavy atom. The van der Waals surface area contributed by atoms with Gasteiger partial charge in [-0.3, -0.25) is 0 Å². The number of hydrogen-bond donors (Lipinski definition) is 1. The molecule has 1 aromatic rings. The third kappa shape index (κ3) is 3.61. The van der Waals surface area contributed by atoms with E-state index in [-0.39, 0.29) is 12.2 Å². The highest BCUT2D eigenvalue weighted by Gasteiger charge is 2.16. The van der Waals surface area contributed by atoms with Gasteiger partial charge in [0.05, 0.1) is 18.5 Å². The second-order valence-corrected chi connectivity index (χ2v) is 3.95. The van der Waals surface area contributed by atoms with E-state index in [9.17, 15) is 5.11 Å². The molecule has 1 N–H and O–H groups in total. The summed E-state index contributed by atoms with van der Waals surface area (Å²) in [6, 6.07) is 3.48. The molecule has 0 saturated heterocycles. The average Bonchev–Trinajstić information content (AvgIpc) is 2.50. The lowest BCUT2D eigenvalue weighted by molar-refractivity contribution is -0.0546. The smallest absolute Gasteiger partial charge is 0.135 e. The zero-order valence-corrected chi connectivity index (χ0v) is 8.28. The molecule has 0 spiro atoms. The number of hydrogen-bond acceptors (Lipinski definition) is 3. The second-order valence-electron chi connectivity index (χ2n) is 3.95. The van der Waals surface area contributed by atoms with Crippen molar-refractivity contribution < 1.29 is 14.3 Å². The van der Waals surface area contributed by atoms with Crippen LogP contribution in [0.4, 0.5) is 0 Å². The Balaban J connectivity index is 2.39. The van der Waals surface area contributed by atoms with Crippen molar-refractivity contribution in [3.63, 3.8) is 0 Å². The minimum Gasteiger partial charge on any atom is -0.467 e. The Morgan fingerprint density at radius 2 is 2.23 bits per heavy atom. The zero-order chi connectivity index (χ0) is 9.90. The monoisotopic (exact) mass is 184 g/mol. The van der Waals surface area contributed by atoms with Gasteiger partial charge < -0.3 is 14.3 Å². The van der Waals surface area contributed by atoms with E-state index in [1.165, 1.54) is 6.26 Å². The predicted octanol–water partition coefficient (Wildman–Crippen LogP) is 2.13. The summed E-state index contributed by atoms with van der Waals surface area (Å²) in [5, 5.41) is 9.55. The Labute approximate surface area is 78.3 Å². The Bertz CT molecular complexity index is 233. The van der Waals surface area contributed by atoms with Gasteiger partial charge in [0.1, 0.15) is 11.9 Å². The number of aliphatic hydroxyl groups is 1. The van der Waals surface area contributed by atoms with Gasteiger partial charge in [0.2, 0.25) is 0 Å². The van der Waals surface area contributed by atoms with E-state index in [1.807, 2.05) is 20.8 Å². The lowest BCUT2D eigenvalue weighted by Crippen LogP contribution is -2.22. The van der Waals surface area contributed by atoms with Crippen molar-refractivity contribution in [1.29, 1.82) is 0 Å². The van der Waals surface area contributed by atoms with Crippen molar-refractivity contribution in [1.82, 2.24) is 0 Å². The summed E-state index contributed by atoms with van der Waals surface area (Å²) in [6.45, 7) is 6.10. The molecule has 3 heteroatoms. The maximum Gasteiger partial charge on any atom is 0.135 e. The summed E-state index contributed by atoms with van der Waals surface area (Å²) in [6.07, 6.45) is 0.865. The molecule has 13 heavy (non-hydrogen) atoms. The van der Waals surface area contributed by atoms with Crippen LogP contribution in [0.2, 0.25) is 0 Å². The third-order valence-corrected chi connectivity index (χ3v) is 1.55. The van der Waals surface area contributed by atoms with Crippen LogP contribution in [0.1, 0.15) is 32.6 Å². The Hall–Kier alpha value is -0.800. The van der Waals surface area contributed by atoms with E-state index in [0.717, 1.165) is 0 Å². The van der Waals surface area contributed by atoms with Gasteiger partial charge in [-0.05, 0) is 32.9 Å². The molecule has 0 bridgehead atoms. The van der Waals surface area contributed by atoms with E-state index in [2.05, 4.69) is 0 Å². The van der Waals surface area contributed by atoms with Crippen LogP contribution in [0, 0.1) is 0 Å². The van der Waals surface area contributed by atoms with E-state index in [1.54, 1.807) is 12.1 Å². The summed E-state index contributed by atoms with van der Waals surface area (Å²) in [5.41, 5.74) is -0.229. The molecule has 0 radical (unpaired) electrons. The van der Waals surface area contributed by atoms with Crippen LogP contribution < -0.4 is 0 Å². The lowest BCUT2D eigenvalue weighted by Gasteiger charge is -2.21. The molecule has 1 atom stereocenters. The first-order valence-corrected chi connectivity index (χ1v) is 4.34. The number of aliphatic hydroxyl groups excluding tert-OH is 1. The first-order valence-electron chi connectivity index (χ1n) is 4.34. The van der Waals surface area contributed by atoms with Crippen molar-refractivity contribution in [2.75, 3.05) is 6.61 Å². The summed E-state index contributed by atoms with van der Waals surface area (Å²) < 4.78 is 10.4. The number of rotatable bonds is 3. The molecule has 1 unspecified atom stereocenters. The van der Waals surface area contributed by atoms with Gasteiger partial charge in [-0.25, -0.2) is 0 Å². The van der Waals surface area contributed by atoms with E-state index >= 15 is 0 Å². The first-order chi connectivity index (χ1) is 5.99. The second kappa shape index (κ2) is 3.94. The van der Waals surface area contributed by atoms with Crippen LogP contribution >= 0.6 is 0 Å². The molecule has 3 nitrogen and oxygen atoms in total. The fourth-order valence-corrected chi connectivity index (χ4v) is 0.892. The van der Waals surface area contributed by atoms with Gasteiger partial charge >= 0.3 is 0 Å². The van der Waals surface area contributed by atoms with E-state index in [0.29, 0.717) is 5.76 Å². The van der Waals surface area contributed by atoms with Crippen molar-refractivity contribution in [3.05, 3.63) is 24.2 Å². The van der Waals surface area contributed by atoms with E-state index in [4.69, 9.17) is 9.15 Å². The molecule has 0 aliphatic heterocycles. The summed E-state index contributed by atoms with van der Waals surface area (Å²) in [5.74, 6) is 0.546. The van der Waals surface area contributed by atoms with Crippen LogP contribution in [0.15, 0.2) is 22.8 Å². The largest absolute Gasteiger partial charge is 0.467 e. The Kier molecular flexibility index (Phi) is 3.12. The van der Waals surface area contributed by atoms with Crippen molar-refractivity contribution in [3.8, 4) is 0 Å². The maximum atomic E-state index is 9.55. The summed E-state index contributed by atoms with van der Waals surface area (Å²) in [7, 11) is 0. The van der Waals surface area contributed by atoms with Crippen LogP contribution in [-0.4, -0.2) is 17.3 Å². The Morgan fingerprint density at radius 1 is 1.54 bits per heavy atom. The molecule has 0 saturated carbocycles. The van der Waals surface area contributed by atoms with Crippen molar-refractivity contribution in [2.24, 2.45) is 0 Å². The van der Waals surface area contributed by atoms with Gasteiger partial charge in [-0.2, -0.15) is 0 Å². The maximum absolute atomic E-state index is 9.55. The molecular weight excluding hydrogens is 168 g/mol.